The molecule has 0 saturated carbocycles. The third-order valence-electron chi connectivity index (χ3n) is 2.32. The first-order chi connectivity index (χ1) is 9.13. The molecule has 0 fully saturated rings. The van der Waals surface area contributed by atoms with Crippen LogP contribution in [0.25, 0.3) is 0 Å². The first kappa shape index (κ1) is 15.4. The summed E-state index contributed by atoms with van der Waals surface area (Å²) in [5.41, 5.74) is 0.00140. The molecule has 0 radical (unpaired) electrons. The molecule has 0 aliphatic carbocycles. The van der Waals surface area contributed by atoms with Crippen molar-refractivity contribution in [2.75, 3.05) is 25.1 Å². The molecule has 0 unspecified atom stereocenters. The quantitative estimate of drug-likeness (QED) is 0.609. The molecule has 0 atom stereocenters. The number of imidazole rings is 1. The first-order valence-electron chi connectivity index (χ1n) is 5.89. The Morgan fingerprint density at radius 1 is 1.42 bits per heavy atom. The molecule has 7 nitrogen and oxygen atoms in total. The highest BCUT2D eigenvalue weighted by molar-refractivity contribution is 7.98. The number of urea groups is 1. The summed E-state index contributed by atoms with van der Waals surface area (Å²) in [5, 5.41) is 14.1. The Labute approximate surface area is 115 Å². The van der Waals surface area contributed by atoms with Gasteiger partial charge >= 0.3 is 12.0 Å². The molecule has 0 aliphatic heterocycles. The Balaban J connectivity index is 2.15. The maximum atomic E-state index is 11.4. The molecule has 106 valence electrons. The van der Waals surface area contributed by atoms with E-state index in [1.807, 2.05) is 6.26 Å². The van der Waals surface area contributed by atoms with Gasteiger partial charge in [-0.05, 0) is 18.4 Å². The second-order valence-electron chi connectivity index (χ2n) is 3.83. The minimum absolute atomic E-state index is 0.00140. The van der Waals surface area contributed by atoms with Crippen molar-refractivity contribution in [3.8, 4) is 0 Å². The summed E-state index contributed by atoms with van der Waals surface area (Å²) in [5.74, 6) is -0.0361. The second-order valence-corrected chi connectivity index (χ2v) is 4.82. The van der Waals surface area contributed by atoms with Gasteiger partial charge in [0.2, 0.25) is 0 Å². The molecule has 1 aromatic heterocycles. The van der Waals surface area contributed by atoms with Gasteiger partial charge in [-0.2, -0.15) is 11.8 Å². The molecule has 1 heterocycles. The van der Waals surface area contributed by atoms with Gasteiger partial charge in [-0.15, -0.1) is 0 Å². The number of aromatic carboxylic acids is 1. The maximum absolute atomic E-state index is 11.4. The number of rotatable bonds is 8. The van der Waals surface area contributed by atoms with Crippen molar-refractivity contribution in [2.45, 2.75) is 13.0 Å². The third kappa shape index (κ3) is 6.14. The molecule has 19 heavy (non-hydrogen) atoms. The van der Waals surface area contributed by atoms with Crippen molar-refractivity contribution in [1.29, 1.82) is 0 Å². The number of thioether (sulfide) groups is 1. The van der Waals surface area contributed by atoms with Crippen LogP contribution in [0.3, 0.4) is 0 Å². The summed E-state index contributed by atoms with van der Waals surface area (Å²) >= 11 is 1.74. The number of nitrogens with zero attached hydrogens (tertiary/aromatic N) is 2. The van der Waals surface area contributed by atoms with Crippen LogP contribution in [0.2, 0.25) is 0 Å². The van der Waals surface area contributed by atoms with Crippen molar-refractivity contribution in [1.82, 2.24) is 20.2 Å². The number of aromatic nitrogens is 2. The Bertz CT molecular complexity index is 422. The number of carboxylic acid groups (broad SMARTS) is 1. The minimum Gasteiger partial charge on any atom is -0.476 e. The van der Waals surface area contributed by atoms with Gasteiger partial charge in [-0.3, -0.25) is 0 Å². The molecule has 0 bridgehead atoms. The normalized spacial score (nSPS) is 10.2. The van der Waals surface area contributed by atoms with Crippen LogP contribution >= 0.6 is 11.8 Å². The molecule has 2 amide bonds. The van der Waals surface area contributed by atoms with Gasteiger partial charge < -0.3 is 20.3 Å². The van der Waals surface area contributed by atoms with Crippen LogP contribution in [0, 0.1) is 0 Å². The fraction of sp³-hybridized carbons (Fsp3) is 0.545. The number of nitrogens with one attached hydrogen (secondary N) is 2. The van der Waals surface area contributed by atoms with Crippen LogP contribution in [-0.2, 0) is 6.54 Å². The second kappa shape index (κ2) is 8.41. The first-order valence-corrected chi connectivity index (χ1v) is 7.28. The highest BCUT2D eigenvalue weighted by atomic mass is 32.2. The summed E-state index contributed by atoms with van der Waals surface area (Å²) in [6, 6.07) is -0.209. The minimum atomic E-state index is -1.06. The summed E-state index contributed by atoms with van der Waals surface area (Å²) in [6.07, 6.45) is 5.83. The van der Waals surface area contributed by atoms with Gasteiger partial charge in [0.05, 0.1) is 6.33 Å². The fourth-order valence-electron chi connectivity index (χ4n) is 1.37. The molecular weight excluding hydrogens is 268 g/mol. The van der Waals surface area contributed by atoms with E-state index in [1.165, 1.54) is 12.5 Å². The van der Waals surface area contributed by atoms with Crippen LogP contribution < -0.4 is 10.6 Å². The van der Waals surface area contributed by atoms with Crippen molar-refractivity contribution in [3.05, 3.63) is 18.2 Å². The van der Waals surface area contributed by atoms with E-state index in [0.29, 0.717) is 19.6 Å². The largest absolute Gasteiger partial charge is 0.476 e. The van der Waals surface area contributed by atoms with E-state index in [1.54, 1.807) is 16.3 Å². The third-order valence-corrected chi connectivity index (χ3v) is 3.02. The van der Waals surface area contributed by atoms with Crippen LogP contribution in [0.4, 0.5) is 4.79 Å². The predicted molar refractivity (Wildman–Crippen MR) is 73.6 cm³/mol. The van der Waals surface area contributed by atoms with Gasteiger partial charge in [-0.1, -0.05) is 0 Å². The van der Waals surface area contributed by atoms with Crippen molar-refractivity contribution in [3.63, 3.8) is 0 Å². The van der Waals surface area contributed by atoms with Crippen LogP contribution in [0.15, 0.2) is 12.5 Å². The molecule has 0 aliphatic rings. The topological polar surface area (TPSA) is 96.3 Å². The molecule has 8 heteroatoms. The van der Waals surface area contributed by atoms with E-state index in [4.69, 9.17) is 5.11 Å². The summed E-state index contributed by atoms with van der Waals surface area (Å²) in [4.78, 5) is 25.7. The number of carbonyl (C=O) groups is 2. The fourth-order valence-corrected chi connectivity index (χ4v) is 1.81. The molecule has 1 aromatic rings. The lowest BCUT2D eigenvalue weighted by molar-refractivity contribution is 0.0691. The summed E-state index contributed by atoms with van der Waals surface area (Å²) in [6.45, 7) is 1.56. The van der Waals surface area contributed by atoms with Crippen LogP contribution in [-0.4, -0.2) is 51.8 Å². The van der Waals surface area contributed by atoms with E-state index in [9.17, 15) is 9.59 Å². The van der Waals surface area contributed by atoms with E-state index in [-0.39, 0.29) is 11.7 Å². The zero-order chi connectivity index (χ0) is 14.1. The van der Waals surface area contributed by atoms with Crippen molar-refractivity contribution < 1.29 is 14.7 Å². The average molecular weight is 286 g/mol. The smallest absolute Gasteiger partial charge is 0.356 e. The summed E-state index contributed by atoms with van der Waals surface area (Å²) in [7, 11) is 0. The highest BCUT2D eigenvalue weighted by Gasteiger charge is 2.06. The van der Waals surface area contributed by atoms with Crippen molar-refractivity contribution in [2.24, 2.45) is 0 Å². The van der Waals surface area contributed by atoms with E-state index >= 15 is 0 Å². The number of carboxylic acids is 1. The van der Waals surface area contributed by atoms with E-state index in [0.717, 1.165) is 12.2 Å². The monoisotopic (exact) mass is 286 g/mol. The molecular formula is C11H18N4O3S. The van der Waals surface area contributed by atoms with Gasteiger partial charge in [-0.25, -0.2) is 14.6 Å². The Hall–Kier alpha value is -1.70. The summed E-state index contributed by atoms with van der Waals surface area (Å²) < 4.78 is 1.62. The van der Waals surface area contributed by atoms with Crippen molar-refractivity contribution >= 4 is 23.8 Å². The lowest BCUT2D eigenvalue weighted by atomic mass is 10.5. The van der Waals surface area contributed by atoms with Gasteiger partial charge in [0.1, 0.15) is 0 Å². The number of carbonyl (C=O) groups excluding carboxylic acids is 1. The zero-order valence-electron chi connectivity index (χ0n) is 10.8. The van der Waals surface area contributed by atoms with E-state index in [2.05, 4.69) is 15.6 Å². The van der Waals surface area contributed by atoms with Gasteiger partial charge in [0.25, 0.3) is 0 Å². The molecule has 0 aromatic carbocycles. The average Bonchev–Trinajstić information content (AvgIpc) is 2.84. The van der Waals surface area contributed by atoms with Gasteiger partial charge in [0.15, 0.2) is 5.69 Å². The number of amides is 2. The highest BCUT2D eigenvalue weighted by Crippen LogP contribution is 1.95. The zero-order valence-corrected chi connectivity index (χ0v) is 11.6. The van der Waals surface area contributed by atoms with E-state index < -0.39 is 5.97 Å². The molecule has 0 spiro atoms. The Kier molecular flexibility index (Phi) is 6.80. The molecule has 0 saturated heterocycles. The number of hydrogen-bond donors (Lipinski definition) is 3. The standard InChI is InChI=1S/C11H18N4O3S/c1-19-6-2-3-12-11(18)13-4-5-15-7-9(10(16)17)14-8-15/h7-8H,2-6H2,1H3,(H,16,17)(H2,12,13,18). The maximum Gasteiger partial charge on any atom is 0.356 e. The van der Waals surface area contributed by atoms with Crippen LogP contribution in [0.5, 0.6) is 0 Å². The Morgan fingerprint density at radius 2 is 2.16 bits per heavy atom. The van der Waals surface area contributed by atoms with Crippen LogP contribution in [0.1, 0.15) is 16.9 Å². The SMILES string of the molecule is CSCCCNC(=O)NCCn1cnc(C(=O)O)c1. The van der Waals surface area contributed by atoms with Gasteiger partial charge in [0, 0.05) is 25.8 Å². The Morgan fingerprint density at radius 3 is 2.79 bits per heavy atom. The lowest BCUT2D eigenvalue weighted by Crippen LogP contribution is -2.37. The predicted octanol–water partition coefficient (Wildman–Crippen LogP) is 0.634. The molecule has 1 rings (SSSR count). The lowest BCUT2D eigenvalue weighted by Gasteiger charge is -2.07. The molecule has 3 N–H and O–H groups in total. The number of hydrogen-bond acceptors (Lipinski definition) is 4.